The number of carboxylic acids is 2. The molecule has 10 nitrogen and oxygen atoms in total. The second kappa shape index (κ2) is 12.5. The van der Waals surface area contributed by atoms with Crippen molar-refractivity contribution < 1.29 is 24.7 Å². The van der Waals surface area contributed by atoms with Crippen LogP contribution in [0.25, 0.3) is 0 Å². The third-order valence-corrected chi connectivity index (χ3v) is 10.8. The van der Waals surface area contributed by atoms with Crippen LogP contribution in [0.2, 0.25) is 5.02 Å². The van der Waals surface area contributed by atoms with E-state index < -0.39 is 45.8 Å². The van der Waals surface area contributed by atoms with Crippen molar-refractivity contribution in [2.45, 2.75) is 56.7 Å². The topological polar surface area (TPSA) is 159 Å². The van der Waals surface area contributed by atoms with Crippen LogP contribution in [0.1, 0.15) is 55.7 Å². The summed E-state index contributed by atoms with van der Waals surface area (Å²) in [5.41, 5.74) is 5.14. The second-order valence-corrected chi connectivity index (χ2v) is 13.1. The number of nitro groups is 1. The first kappa shape index (κ1) is 32.6. The Morgan fingerprint density at radius 1 is 1.00 bits per heavy atom. The molecule has 0 amide bonds. The van der Waals surface area contributed by atoms with Gasteiger partial charge in [-0.1, -0.05) is 66.2 Å². The number of hydrogen-bond acceptors (Lipinski definition) is 7. The normalized spacial score (nSPS) is 28.3. The van der Waals surface area contributed by atoms with Gasteiger partial charge in [0.15, 0.2) is 0 Å². The van der Waals surface area contributed by atoms with Gasteiger partial charge in [0, 0.05) is 34.5 Å². The molecule has 0 aromatic heterocycles. The molecule has 0 aliphatic carbocycles. The monoisotopic (exact) mass is 634 g/mol. The van der Waals surface area contributed by atoms with Crippen molar-refractivity contribution in [3.8, 4) is 0 Å². The highest BCUT2D eigenvalue weighted by atomic mass is 35.5. The summed E-state index contributed by atoms with van der Waals surface area (Å²) in [5.74, 6) is -3.60. The van der Waals surface area contributed by atoms with Gasteiger partial charge in [-0.15, -0.1) is 0 Å². The average Bonchev–Trinajstić information content (AvgIpc) is 3.03. The van der Waals surface area contributed by atoms with Crippen LogP contribution in [0, 0.1) is 20.9 Å². The third-order valence-electron chi connectivity index (χ3n) is 10.5. The van der Waals surface area contributed by atoms with Crippen LogP contribution in [0.5, 0.6) is 0 Å². The Hall–Kier alpha value is -3.83. The zero-order chi connectivity index (χ0) is 32.6. The molecule has 2 heterocycles. The number of likely N-dealkylation sites (tertiary alicyclic amines) is 1. The van der Waals surface area contributed by atoms with E-state index >= 15 is 0 Å². The lowest BCUT2D eigenvalue weighted by Crippen LogP contribution is -2.72. The van der Waals surface area contributed by atoms with E-state index in [-0.39, 0.29) is 23.1 Å². The molecule has 0 radical (unpaired) electrons. The van der Waals surface area contributed by atoms with E-state index in [0.29, 0.717) is 24.7 Å². The Balaban J connectivity index is 1.49. The first-order valence-corrected chi connectivity index (χ1v) is 15.5. The number of carbonyl (C=O) groups is 2. The molecular weight excluding hydrogens is 596 g/mol. The van der Waals surface area contributed by atoms with Crippen molar-refractivity contribution in [2.24, 2.45) is 16.6 Å². The Morgan fingerprint density at radius 2 is 1.62 bits per heavy atom. The molecule has 5 rings (SSSR count). The highest BCUT2D eigenvalue weighted by molar-refractivity contribution is 6.30. The number of non-ortho nitro benzene ring substituents is 1. The summed E-state index contributed by atoms with van der Waals surface area (Å²) in [4.78, 5) is 39.7. The summed E-state index contributed by atoms with van der Waals surface area (Å²) in [6.07, 6.45) is 0.595. The molecule has 0 spiro atoms. The van der Waals surface area contributed by atoms with Crippen LogP contribution in [0.4, 0.5) is 5.69 Å². The van der Waals surface area contributed by atoms with Gasteiger partial charge in [-0.05, 0) is 81.6 Å². The number of hydrogen-bond donors (Lipinski definition) is 4. The predicted molar refractivity (Wildman–Crippen MR) is 171 cm³/mol. The Bertz CT molecular complexity index is 1560. The van der Waals surface area contributed by atoms with Gasteiger partial charge in [0.25, 0.3) is 5.69 Å². The molecule has 0 saturated carbocycles. The zero-order valence-corrected chi connectivity index (χ0v) is 26.1. The van der Waals surface area contributed by atoms with Gasteiger partial charge < -0.3 is 20.8 Å². The maximum Gasteiger partial charge on any atom is 0.312 e. The fourth-order valence-corrected chi connectivity index (χ4v) is 7.95. The molecule has 0 bridgehead atoms. The minimum absolute atomic E-state index is 0.110. The van der Waals surface area contributed by atoms with Crippen LogP contribution in [0.3, 0.4) is 0 Å². The molecule has 4 unspecified atom stereocenters. The lowest BCUT2D eigenvalue weighted by atomic mass is 9.52. The van der Waals surface area contributed by atoms with Crippen molar-refractivity contribution in [3.63, 3.8) is 0 Å². The van der Waals surface area contributed by atoms with E-state index in [1.807, 2.05) is 30.3 Å². The first-order valence-electron chi connectivity index (χ1n) is 15.1. The maximum absolute atomic E-state index is 13.4. The molecule has 3 aromatic rings. The number of benzene rings is 3. The van der Waals surface area contributed by atoms with E-state index in [1.165, 1.54) is 36.2 Å². The van der Waals surface area contributed by atoms with Gasteiger partial charge in [0.2, 0.25) is 0 Å². The molecule has 11 heteroatoms. The van der Waals surface area contributed by atoms with Gasteiger partial charge >= 0.3 is 11.9 Å². The number of rotatable bonds is 9. The molecule has 2 aliphatic rings. The fourth-order valence-electron chi connectivity index (χ4n) is 7.82. The third kappa shape index (κ3) is 5.61. The van der Waals surface area contributed by atoms with Crippen molar-refractivity contribution in [1.29, 1.82) is 0 Å². The molecule has 45 heavy (non-hydrogen) atoms. The van der Waals surface area contributed by atoms with Crippen molar-refractivity contribution in [2.75, 3.05) is 19.6 Å². The summed E-state index contributed by atoms with van der Waals surface area (Å²) in [5, 5.41) is 36.9. The fraction of sp³-hybridized carbons (Fsp3) is 0.412. The summed E-state index contributed by atoms with van der Waals surface area (Å²) in [6.45, 7) is 4.90. The van der Waals surface area contributed by atoms with Crippen molar-refractivity contribution >= 4 is 29.2 Å². The minimum Gasteiger partial charge on any atom is -0.481 e. The van der Waals surface area contributed by atoms with Gasteiger partial charge in [-0.3, -0.25) is 25.0 Å². The lowest BCUT2D eigenvalue weighted by molar-refractivity contribution is -0.385. The molecule has 2 aliphatic heterocycles. The quantitative estimate of drug-likeness (QED) is 0.182. The highest BCUT2D eigenvalue weighted by Gasteiger charge is 2.65. The Morgan fingerprint density at radius 3 is 2.20 bits per heavy atom. The smallest absolute Gasteiger partial charge is 0.312 e. The van der Waals surface area contributed by atoms with E-state index in [1.54, 1.807) is 13.0 Å². The summed E-state index contributed by atoms with van der Waals surface area (Å²) >= 11 is 6.22. The lowest BCUT2D eigenvalue weighted by Gasteiger charge is -2.56. The van der Waals surface area contributed by atoms with Gasteiger partial charge in [-0.2, -0.15) is 0 Å². The van der Waals surface area contributed by atoms with Gasteiger partial charge in [0.1, 0.15) is 5.41 Å². The van der Waals surface area contributed by atoms with Crippen LogP contribution < -0.4 is 11.1 Å². The zero-order valence-electron chi connectivity index (χ0n) is 25.4. The largest absolute Gasteiger partial charge is 0.481 e. The number of nitrogens with two attached hydrogens (primary N) is 1. The molecule has 5 atom stereocenters. The van der Waals surface area contributed by atoms with Crippen molar-refractivity contribution in [3.05, 3.63) is 111 Å². The number of nitro benzene ring substituents is 1. The molecule has 2 fully saturated rings. The molecule has 238 valence electrons. The number of nitrogens with one attached hydrogen (secondary N) is 1. The van der Waals surface area contributed by atoms with Crippen LogP contribution in [-0.2, 0) is 15.0 Å². The van der Waals surface area contributed by atoms with E-state index in [9.17, 15) is 29.9 Å². The highest BCUT2D eigenvalue weighted by Crippen LogP contribution is 2.56. The number of carboxylic acid groups (broad SMARTS) is 2. The summed E-state index contributed by atoms with van der Waals surface area (Å²) in [6, 6.07) is 23.2. The van der Waals surface area contributed by atoms with Gasteiger partial charge in [-0.25, -0.2) is 0 Å². The minimum atomic E-state index is -1.78. The molecule has 3 aromatic carbocycles. The van der Waals surface area contributed by atoms with Crippen LogP contribution in [0.15, 0.2) is 78.9 Å². The SMILES string of the molecule is CC1NC(N)C(C)(C(=O)O)[C@H](c2cccc([N+](=O)[O-])c2)C1(CCN1CCC(c2ccccc2)(c2ccc(Cl)cc2)CC1)C(=O)O. The molecule has 2 saturated heterocycles. The Kier molecular flexibility index (Phi) is 9.06. The van der Waals surface area contributed by atoms with Crippen LogP contribution >= 0.6 is 11.6 Å². The van der Waals surface area contributed by atoms with E-state index in [0.717, 1.165) is 12.8 Å². The van der Waals surface area contributed by atoms with E-state index in [2.05, 4.69) is 34.5 Å². The maximum atomic E-state index is 13.4. The predicted octanol–water partition coefficient (Wildman–Crippen LogP) is 5.24. The van der Waals surface area contributed by atoms with Crippen molar-refractivity contribution in [1.82, 2.24) is 10.2 Å². The van der Waals surface area contributed by atoms with E-state index in [4.69, 9.17) is 17.3 Å². The summed E-state index contributed by atoms with van der Waals surface area (Å²) < 4.78 is 0. The standard InChI is InChI=1S/C34H39ClN4O6/c1-22-34(31(42)43,28(32(2,30(40)41)29(36)37-22)23-7-6-10-27(21-23)39(44)45)17-20-38-18-15-33(16-19-38,24-8-4-3-5-9-24)25-11-13-26(35)14-12-25/h3-14,21-22,28-29,37H,15-20,36H2,1-2H3,(H,40,41)(H,42,43)/t22?,28-,29?,32?,34?/m0/s1. The number of piperidine rings is 2. The summed E-state index contributed by atoms with van der Waals surface area (Å²) in [7, 11) is 0. The first-order chi connectivity index (χ1) is 21.4. The van der Waals surface area contributed by atoms with Crippen LogP contribution in [-0.4, -0.2) is 63.8 Å². The second-order valence-electron chi connectivity index (χ2n) is 12.6. The van der Waals surface area contributed by atoms with Gasteiger partial charge in [0.05, 0.1) is 16.5 Å². The Labute approximate surface area is 267 Å². The molecule has 5 N–H and O–H groups in total. The molecular formula is C34H39ClN4O6. The number of aliphatic carboxylic acids is 2. The average molecular weight is 635 g/mol. The number of nitrogens with zero attached hydrogens (tertiary/aromatic N) is 2. The number of halogens is 1.